The molecule has 3 aromatic heterocycles. The van der Waals surface area contributed by atoms with Crippen LogP contribution in [-0.4, -0.2) is 19.3 Å². The average molecular weight is 757 g/mol. The van der Waals surface area contributed by atoms with Crippen LogP contribution in [0.3, 0.4) is 0 Å². The fourth-order valence-corrected chi connectivity index (χ4v) is 7.68. The number of hydrogen-bond donors (Lipinski definition) is 0. The van der Waals surface area contributed by atoms with E-state index in [4.69, 9.17) is 9.84 Å². The van der Waals surface area contributed by atoms with Gasteiger partial charge in [-0.15, -0.1) is 0 Å². The minimum Gasteiger partial charge on any atom is -0.457 e. The van der Waals surface area contributed by atoms with Gasteiger partial charge in [0.05, 0.1) is 33.7 Å². The lowest BCUT2D eigenvalue weighted by atomic mass is 9.86. The molecule has 0 fully saturated rings. The van der Waals surface area contributed by atoms with E-state index in [1.165, 1.54) is 34.1 Å². The number of alkyl halides is 3. The summed E-state index contributed by atoms with van der Waals surface area (Å²) in [7, 11) is 0. The third-order valence-corrected chi connectivity index (χ3v) is 10.9. The van der Waals surface area contributed by atoms with Crippen LogP contribution in [0.4, 0.5) is 13.2 Å². The van der Waals surface area contributed by atoms with Gasteiger partial charge in [-0.05, 0) is 102 Å². The number of aromatic nitrogens is 4. The summed E-state index contributed by atoms with van der Waals surface area (Å²) < 4.78 is 52.2. The van der Waals surface area contributed by atoms with Crippen molar-refractivity contribution in [2.24, 2.45) is 0 Å². The Morgan fingerprint density at radius 1 is 0.732 bits per heavy atom. The molecule has 0 aliphatic carbocycles. The smallest absolute Gasteiger partial charge is 0.416 e. The molecular formula is C48H51F3N4O. The van der Waals surface area contributed by atoms with E-state index in [9.17, 15) is 13.2 Å². The molecule has 56 heavy (non-hydrogen) atoms. The summed E-state index contributed by atoms with van der Waals surface area (Å²) in [4.78, 5) is 4.40. The van der Waals surface area contributed by atoms with Gasteiger partial charge in [-0.25, -0.2) is 9.67 Å². The second-order valence-corrected chi connectivity index (χ2v) is 15.9. The Balaban J connectivity index is 1.40. The van der Waals surface area contributed by atoms with Crippen LogP contribution in [0.5, 0.6) is 11.5 Å². The molecule has 8 heteroatoms. The number of halogens is 3. The van der Waals surface area contributed by atoms with Crippen LogP contribution < -0.4 is 4.74 Å². The summed E-state index contributed by atoms with van der Waals surface area (Å²) in [6.45, 7) is 17.7. The largest absolute Gasteiger partial charge is 0.457 e. The van der Waals surface area contributed by atoms with Gasteiger partial charge in [-0.3, -0.25) is 4.57 Å². The second kappa shape index (κ2) is 15.3. The SMILES string of the molecule is CCCc1nn(-c2cc(Oc3ccc4c5ccccc5n(-c5cc(C(F)(F)F)ccn5)c4c3)cc(C(C)(C)C)c2)c(C(C)CC)c1-c1cc(CC)cc(CC)c1. The van der Waals surface area contributed by atoms with Crippen molar-refractivity contribution in [2.45, 2.75) is 105 Å². The van der Waals surface area contributed by atoms with Gasteiger partial charge in [0.2, 0.25) is 0 Å². The van der Waals surface area contributed by atoms with Crippen molar-refractivity contribution in [3.05, 3.63) is 131 Å². The van der Waals surface area contributed by atoms with Crippen LogP contribution in [0.1, 0.15) is 108 Å². The van der Waals surface area contributed by atoms with Crippen molar-refractivity contribution in [1.29, 1.82) is 0 Å². The second-order valence-electron chi connectivity index (χ2n) is 15.9. The third kappa shape index (κ3) is 7.46. The van der Waals surface area contributed by atoms with Crippen molar-refractivity contribution in [3.63, 3.8) is 0 Å². The Morgan fingerprint density at radius 3 is 2.11 bits per heavy atom. The summed E-state index contributed by atoms with van der Waals surface area (Å²) in [6.07, 6.45) is 1.43. The quantitative estimate of drug-likeness (QED) is 0.132. The lowest BCUT2D eigenvalue weighted by Gasteiger charge is -2.23. The zero-order valence-corrected chi connectivity index (χ0v) is 33.7. The van der Waals surface area contributed by atoms with Gasteiger partial charge in [0.1, 0.15) is 17.3 Å². The summed E-state index contributed by atoms with van der Waals surface area (Å²) in [5.41, 5.74) is 9.94. The highest BCUT2D eigenvalue weighted by Crippen LogP contribution is 2.41. The highest BCUT2D eigenvalue weighted by molar-refractivity contribution is 6.09. The van der Waals surface area contributed by atoms with Gasteiger partial charge in [-0.1, -0.05) is 98.2 Å². The molecule has 0 aliphatic rings. The Morgan fingerprint density at radius 2 is 1.45 bits per heavy atom. The molecule has 1 atom stereocenters. The Bertz CT molecular complexity index is 2510. The van der Waals surface area contributed by atoms with Crippen LogP contribution in [0.25, 0.3) is 44.4 Å². The van der Waals surface area contributed by atoms with E-state index in [1.807, 2.05) is 42.5 Å². The maximum absolute atomic E-state index is 13.9. The number of pyridine rings is 1. The molecule has 0 saturated carbocycles. The van der Waals surface area contributed by atoms with E-state index in [0.29, 0.717) is 17.0 Å². The van der Waals surface area contributed by atoms with E-state index in [-0.39, 0.29) is 17.2 Å². The molecule has 3 heterocycles. The summed E-state index contributed by atoms with van der Waals surface area (Å²) >= 11 is 0. The number of rotatable bonds is 11. The molecule has 0 radical (unpaired) electrons. The lowest BCUT2D eigenvalue weighted by molar-refractivity contribution is -0.137. The van der Waals surface area contributed by atoms with Crippen LogP contribution in [0, 0.1) is 0 Å². The van der Waals surface area contributed by atoms with E-state index in [2.05, 4.69) is 101 Å². The Hall–Kier alpha value is -5.37. The average Bonchev–Trinajstić information content (AvgIpc) is 3.72. The minimum atomic E-state index is -4.50. The summed E-state index contributed by atoms with van der Waals surface area (Å²) in [5.74, 6) is 1.63. The van der Waals surface area contributed by atoms with Crippen molar-refractivity contribution < 1.29 is 17.9 Å². The van der Waals surface area contributed by atoms with E-state index in [1.54, 1.807) is 4.57 Å². The first-order valence-electron chi connectivity index (χ1n) is 19.9. The first-order valence-corrected chi connectivity index (χ1v) is 19.9. The monoisotopic (exact) mass is 756 g/mol. The maximum atomic E-state index is 13.9. The number of fused-ring (bicyclic) bond motifs is 3. The molecule has 1 unspecified atom stereocenters. The molecule has 5 nitrogen and oxygen atoms in total. The maximum Gasteiger partial charge on any atom is 0.416 e. The third-order valence-electron chi connectivity index (χ3n) is 10.9. The van der Waals surface area contributed by atoms with E-state index >= 15 is 0 Å². The fraction of sp³-hybridized carbons (Fsp3) is 0.333. The fourth-order valence-electron chi connectivity index (χ4n) is 7.68. The normalized spacial score (nSPS) is 12.8. The van der Waals surface area contributed by atoms with Gasteiger partial charge >= 0.3 is 6.18 Å². The molecular weight excluding hydrogens is 706 g/mol. The summed E-state index contributed by atoms with van der Waals surface area (Å²) in [5, 5.41) is 7.21. The van der Waals surface area contributed by atoms with Crippen LogP contribution in [0.2, 0.25) is 0 Å². The molecule has 0 amide bonds. The van der Waals surface area contributed by atoms with Crippen molar-refractivity contribution in [3.8, 4) is 34.1 Å². The molecule has 0 aliphatic heterocycles. The number of ether oxygens (including phenoxy) is 1. The van der Waals surface area contributed by atoms with Gasteiger partial charge < -0.3 is 4.74 Å². The van der Waals surface area contributed by atoms with Crippen LogP contribution in [-0.2, 0) is 30.9 Å². The minimum absolute atomic E-state index is 0.186. The predicted octanol–water partition coefficient (Wildman–Crippen LogP) is 13.7. The standard InChI is InChI=1S/C48H51F3N4O/c1-9-15-41-45(33-23-31(11-3)22-32(12-4)24-33)46(30(5)10-2)55(53-41)36-25-35(47(6,7)8)26-38(28-36)56-37-18-19-40-39-16-13-14-17-42(39)54(43(40)29-37)44-27-34(20-21-52-44)48(49,50)51/h13-14,16-30H,9-12,15H2,1-8H3. The van der Waals surface area contributed by atoms with Gasteiger partial charge in [0.25, 0.3) is 0 Å². The topological polar surface area (TPSA) is 44.9 Å². The van der Waals surface area contributed by atoms with Crippen molar-refractivity contribution in [1.82, 2.24) is 19.3 Å². The van der Waals surface area contributed by atoms with Gasteiger partial charge in [0, 0.05) is 34.7 Å². The Labute approximate surface area is 328 Å². The van der Waals surface area contributed by atoms with Crippen molar-refractivity contribution >= 4 is 21.8 Å². The number of aryl methyl sites for hydroxylation is 3. The molecule has 7 aromatic rings. The van der Waals surface area contributed by atoms with Gasteiger partial charge in [0.15, 0.2) is 0 Å². The molecule has 0 bridgehead atoms. The van der Waals surface area contributed by atoms with Crippen molar-refractivity contribution in [2.75, 3.05) is 0 Å². The number of para-hydroxylation sites is 1. The van der Waals surface area contributed by atoms with E-state index < -0.39 is 11.7 Å². The molecule has 0 saturated heterocycles. The summed E-state index contributed by atoms with van der Waals surface area (Å²) in [6, 6.07) is 28.9. The first-order chi connectivity index (χ1) is 26.7. The molecule has 0 N–H and O–H groups in total. The number of nitrogens with zero attached hydrogens (tertiary/aromatic N) is 4. The number of hydrogen-bond acceptors (Lipinski definition) is 3. The lowest BCUT2D eigenvalue weighted by Crippen LogP contribution is -2.13. The van der Waals surface area contributed by atoms with Crippen LogP contribution in [0.15, 0.2) is 97.2 Å². The predicted molar refractivity (Wildman–Crippen MR) is 223 cm³/mol. The highest BCUT2D eigenvalue weighted by Gasteiger charge is 2.31. The molecule has 7 rings (SSSR count). The zero-order chi connectivity index (χ0) is 39.9. The Kier molecular flexibility index (Phi) is 10.6. The first kappa shape index (κ1) is 38.9. The molecule has 290 valence electrons. The van der Waals surface area contributed by atoms with Crippen LogP contribution >= 0.6 is 0 Å². The van der Waals surface area contributed by atoms with Gasteiger partial charge in [-0.2, -0.15) is 18.3 Å². The highest BCUT2D eigenvalue weighted by atomic mass is 19.4. The molecule has 4 aromatic carbocycles. The molecule has 0 spiro atoms. The zero-order valence-electron chi connectivity index (χ0n) is 33.7. The number of benzene rings is 4. The van der Waals surface area contributed by atoms with E-state index in [0.717, 1.165) is 77.5 Å².